The zero-order chi connectivity index (χ0) is 15.7. The molecule has 0 saturated carbocycles. The highest BCUT2D eigenvalue weighted by atomic mass is 35.5. The van der Waals surface area contributed by atoms with Gasteiger partial charge in [0.25, 0.3) is 0 Å². The monoisotopic (exact) mass is 326 g/mol. The van der Waals surface area contributed by atoms with E-state index in [1.807, 2.05) is 21.0 Å². The third-order valence-electron chi connectivity index (χ3n) is 3.83. The Morgan fingerprint density at radius 1 is 0.957 bits per heavy atom. The van der Waals surface area contributed by atoms with Crippen molar-refractivity contribution >= 4 is 28.0 Å². The number of hydrogen-bond acceptors (Lipinski definition) is 3. The molecule has 0 atom stereocenters. The maximum absolute atomic E-state index is 4.67. The van der Waals surface area contributed by atoms with Crippen LogP contribution in [0.2, 0.25) is 0 Å². The molecule has 0 spiro atoms. The summed E-state index contributed by atoms with van der Waals surface area (Å²) in [6.07, 6.45) is 0. The van der Waals surface area contributed by atoms with Gasteiger partial charge in [-0.3, -0.25) is 4.98 Å². The lowest BCUT2D eigenvalue weighted by Crippen LogP contribution is -3.00. The Bertz CT molecular complexity index is 811. The van der Waals surface area contributed by atoms with E-state index in [1.54, 1.807) is 0 Å². The van der Waals surface area contributed by atoms with E-state index >= 15 is 0 Å². The highest BCUT2D eigenvalue weighted by Gasteiger charge is 2.06. The minimum Gasteiger partial charge on any atom is -1.00 e. The molecule has 0 amide bonds. The van der Waals surface area contributed by atoms with Crippen LogP contribution in [0.15, 0.2) is 48.5 Å². The van der Waals surface area contributed by atoms with E-state index in [4.69, 9.17) is 0 Å². The van der Waals surface area contributed by atoms with Crippen LogP contribution in [0, 0.1) is 13.8 Å². The largest absolute Gasteiger partial charge is 1.00 e. The zero-order valence-electron chi connectivity index (χ0n) is 13.9. The van der Waals surface area contributed by atoms with Crippen LogP contribution in [0.25, 0.3) is 10.9 Å². The summed E-state index contributed by atoms with van der Waals surface area (Å²) in [5.74, 6) is 0. The molecule has 1 heterocycles. The van der Waals surface area contributed by atoms with Crippen molar-refractivity contribution in [2.24, 2.45) is 0 Å². The summed E-state index contributed by atoms with van der Waals surface area (Å²) in [4.78, 5) is 6.76. The second-order valence-corrected chi connectivity index (χ2v) is 5.85. The lowest BCUT2D eigenvalue weighted by molar-refractivity contribution is -0.00000465. The fourth-order valence-corrected chi connectivity index (χ4v) is 2.62. The summed E-state index contributed by atoms with van der Waals surface area (Å²) in [5, 5.41) is 4.68. The van der Waals surface area contributed by atoms with Gasteiger partial charge >= 0.3 is 0 Å². The molecule has 0 saturated heterocycles. The molecule has 4 heteroatoms. The second kappa shape index (κ2) is 6.88. The summed E-state index contributed by atoms with van der Waals surface area (Å²) in [6, 6.07) is 16.8. The van der Waals surface area contributed by atoms with Gasteiger partial charge in [0.05, 0.1) is 5.52 Å². The van der Waals surface area contributed by atoms with Crippen molar-refractivity contribution in [3.63, 3.8) is 0 Å². The Labute approximate surface area is 143 Å². The van der Waals surface area contributed by atoms with Crippen molar-refractivity contribution in [2.45, 2.75) is 13.8 Å². The maximum Gasteiger partial charge on any atom is 0.0755 e. The Morgan fingerprint density at radius 3 is 2.30 bits per heavy atom. The van der Waals surface area contributed by atoms with Crippen molar-refractivity contribution < 1.29 is 12.4 Å². The molecule has 0 radical (unpaired) electrons. The van der Waals surface area contributed by atoms with Gasteiger partial charge in [0.2, 0.25) is 0 Å². The third kappa shape index (κ3) is 3.57. The van der Waals surface area contributed by atoms with Gasteiger partial charge < -0.3 is 22.6 Å². The van der Waals surface area contributed by atoms with Gasteiger partial charge in [-0.15, -0.1) is 0 Å². The molecule has 2 aromatic carbocycles. The summed E-state index contributed by atoms with van der Waals surface area (Å²) in [7, 11) is 4.09. The minimum absolute atomic E-state index is 0. The average molecular weight is 327 g/mol. The molecule has 3 aromatic rings. The molecular formula is C19H21ClN3-. The van der Waals surface area contributed by atoms with Gasteiger partial charge in [0.15, 0.2) is 0 Å². The molecule has 0 aliphatic carbocycles. The molecule has 23 heavy (non-hydrogen) atoms. The third-order valence-corrected chi connectivity index (χ3v) is 3.83. The number of pyridine rings is 1. The molecule has 0 fully saturated rings. The van der Waals surface area contributed by atoms with Gasteiger partial charge in [-0.2, -0.15) is 0 Å². The Morgan fingerprint density at radius 2 is 1.65 bits per heavy atom. The van der Waals surface area contributed by atoms with E-state index in [1.165, 1.54) is 11.3 Å². The van der Waals surface area contributed by atoms with E-state index in [0.29, 0.717) is 0 Å². The predicted octanol–water partition coefficient (Wildman–Crippen LogP) is 1.67. The van der Waals surface area contributed by atoms with E-state index in [-0.39, 0.29) is 12.4 Å². The Kier molecular flexibility index (Phi) is 5.12. The number of rotatable bonds is 3. The second-order valence-electron chi connectivity index (χ2n) is 5.85. The number of aromatic nitrogens is 1. The van der Waals surface area contributed by atoms with Crippen LogP contribution >= 0.6 is 0 Å². The van der Waals surface area contributed by atoms with Crippen LogP contribution in [0.5, 0.6) is 0 Å². The molecule has 0 aliphatic rings. The van der Waals surface area contributed by atoms with E-state index in [2.05, 4.69) is 70.7 Å². The molecule has 0 bridgehead atoms. The first kappa shape index (κ1) is 17.1. The number of nitrogens with zero attached hydrogens (tertiary/aromatic N) is 2. The number of anilines is 3. The van der Waals surface area contributed by atoms with Gasteiger partial charge in [0.1, 0.15) is 0 Å². The standard InChI is InChI=1S/C19H21N3.ClH/c1-13-6-5-7-17-18(12-14(2)20-19(13)17)21-15-8-10-16(11-9-15)22(3)4;/h5-12H,1-4H3,(H,20,21);1H/p-1. The minimum atomic E-state index is 0. The van der Waals surface area contributed by atoms with Crippen molar-refractivity contribution in [3.8, 4) is 0 Å². The van der Waals surface area contributed by atoms with Crippen molar-refractivity contribution in [2.75, 3.05) is 24.3 Å². The van der Waals surface area contributed by atoms with Crippen LogP contribution in [-0.4, -0.2) is 19.1 Å². The summed E-state index contributed by atoms with van der Waals surface area (Å²) in [6.45, 7) is 4.14. The van der Waals surface area contributed by atoms with Crippen LogP contribution in [0.1, 0.15) is 11.3 Å². The Balaban J connectivity index is 0.00000192. The summed E-state index contributed by atoms with van der Waals surface area (Å²) >= 11 is 0. The molecule has 120 valence electrons. The number of para-hydroxylation sites is 1. The van der Waals surface area contributed by atoms with Crippen LogP contribution in [0.4, 0.5) is 17.1 Å². The summed E-state index contributed by atoms with van der Waals surface area (Å²) < 4.78 is 0. The molecule has 3 nitrogen and oxygen atoms in total. The van der Waals surface area contributed by atoms with Crippen molar-refractivity contribution in [1.82, 2.24) is 4.98 Å². The normalized spacial score (nSPS) is 10.3. The van der Waals surface area contributed by atoms with Gasteiger partial charge in [-0.25, -0.2) is 0 Å². The quantitative estimate of drug-likeness (QED) is 0.793. The first-order chi connectivity index (χ1) is 10.5. The lowest BCUT2D eigenvalue weighted by Gasteiger charge is -2.15. The molecular weight excluding hydrogens is 306 g/mol. The first-order valence-electron chi connectivity index (χ1n) is 7.46. The molecule has 1 aromatic heterocycles. The van der Waals surface area contributed by atoms with Crippen molar-refractivity contribution in [1.29, 1.82) is 0 Å². The van der Waals surface area contributed by atoms with Crippen molar-refractivity contribution in [3.05, 3.63) is 59.8 Å². The number of halogens is 1. The van der Waals surface area contributed by atoms with Crippen LogP contribution < -0.4 is 22.6 Å². The fraction of sp³-hybridized carbons (Fsp3) is 0.211. The fourth-order valence-electron chi connectivity index (χ4n) is 2.62. The lowest BCUT2D eigenvalue weighted by atomic mass is 10.1. The predicted molar refractivity (Wildman–Crippen MR) is 95.3 cm³/mol. The first-order valence-corrected chi connectivity index (χ1v) is 7.46. The van der Waals surface area contributed by atoms with E-state index in [9.17, 15) is 0 Å². The van der Waals surface area contributed by atoms with E-state index < -0.39 is 0 Å². The number of benzene rings is 2. The van der Waals surface area contributed by atoms with Gasteiger partial charge in [-0.1, -0.05) is 18.2 Å². The summed E-state index contributed by atoms with van der Waals surface area (Å²) in [5.41, 5.74) is 6.66. The highest BCUT2D eigenvalue weighted by molar-refractivity contribution is 5.94. The average Bonchev–Trinajstić information content (AvgIpc) is 2.49. The SMILES string of the molecule is Cc1cc(Nc2ccc(N(C)C)cc2)c2cccc(C)c2n1.[Cl-]. The highest BCUT2D eigenvalue weighted by Crippen LogP contribution is 2.28. The molecule has 3 rings (SSSR count). The maximum atomic E-state index is 4.67. The number of nitrogens with one attached hydrogen (secondary N) is 1. The molecule has 0 unspecified atom stereocenters. The molecule has 1 N–H and O–H groups in total. The van der Waals surface area contributed by atoms with Gasteiger partial charge in [0, 0.05) is 42.2 Å². The number of fused-ring (bicyclic) bond motifs is 1. The molecule has 0 aliphatic heterocycles. The van der Waals surface area contributed by atoms with Crippen LogP contribution in [0.3, 0.4) is 0 Å². The van der Waals surface area contributed by atoms with Gasteiger partial charge in [-0.05, 0) is 49.7 Å². The number of hydrogen-bond donors (Lipinski definition) is 1. The Hall–Kier alpha value is -2.26. The number of aryl methyl sites for hydroxylation is 2. The zero-order valence-corrected chi connectivity index (χ0v) is 14.6. The van der Waals surface area contributed by atoms with E-state index in [0.717, 1.165) is 28.0 Å². The smallest absolute Gasteiger partial charge is 0.0755 e. The topological polar surface area (TPSA) is 28.2 Å². The van der Waals surface area contributed by atoms with Crippen LogP contribution in [-0.2, 0) is 0 Å².